The van der Waals surface area contributed by atoms with Gasteiger partial charge in [-0.3, -0.25) is 4.79 Å². The monoisotopic (exact) mass is 499 g/mol. The predicted molar refractivity (Wildman–Crippen MR) is 134 cm³/mol. The van der Waals surface area contributed by atoms with Gasteiger partial charge in [-0.05, 0) is 48.0 Å². The molecular formula is C27H22FN5O4. The van der Waals surface area contributed by atoms with Gasteiger partial charge < -0.3 is 23.9 Å². The third-order valence-electron chi connectivity index (χ3n) is 5.62. The first-order chi connectivity index (χ1) is 18.0. The number of carbonyl (C=O) groups excluding carboxylic acids is 1. The van der Waals surface area contributed by atoms with E-state index in [1.165, 1.54) is 18.2 Å². The molecule has 186 valence electrons. The number of carbonyl (C=O) groups is 1. The van der Waals surface area contributed by atoms with E-state index in [0.717, 1.165) is 5.56 Å². The average Bonchev–Trinajstić information content (AvgIpc) is 3.60. The molecule has 5 aromatic rings. The van der Waals surface area contributed by atoms with Crippen molar-refractivity contribution < 1.29 is 23.2 Å². The van der Waals surface area contributed by atoms with E-state index < -0.39 is 11.7 Å². The first kappa shape index (κ1) is 23.7. The van der Waals surface area contributed by atoms with Crippen LogP contribution in [-0.4, -0.2) is 39.8 Å². The molecule has 0 aliphatic rings. The Bertz CT molecular complexity index is 1540. The number of hydrogen-bond donors (Lipinski definition) is 1. The van der Waals surface area contributed by atoms with Crippen LogP contribution in [0.25, 0.3) is 23.0 Å². The number of aromatic nitrogens is 4. The number of ether oxygens (including phenoxy) is 2. The van der Waals surface area contributed by atoms with E-state index in [9.17, 15) is 9.18 Å². The highest BCUT2D eigenvalue weighted by Gasteiger charge is 2.15. The van der Waals surface area contributed by atoms with Gasteiger partial charge in [0.1, 0.15) is 11.5 Å². The highest BCUT2D eigenvalue weighted by atomic mass is 19.1. The van der Waals surface area contributed by atoms with E-state index in [0.29, 0.717) is 40.8 Å². The lowest BCUT2D eigenvalue weighted by molar-refractivity contribution is 0.102. The molecule has 0 unspecified atom stereocenters. The molecule has 0 fully saturated rings. The van der Waals surface area contributed by atoms with Crippen LogP contribution in [0.5, 0.6) is 11.5 Å². The van der Waals surface area contributed by atoms with E-state index >= 15 is 0 Å². The topological polar surface area (TPSA) is 104 Å². The molecule has 0 aliphatic heterocycles. The van der Waals surface area contributed by atoms with Crippen LogP contribution in [0.2, 0.25) is 0 Å². The molecule has 2 aromatic heterocycles. The summed E-state index contributed by atoms with van der Waals surface area (Å²) < 4.78 is 31.7. The zero-order valence-electron chi connectivity index (χ0n) is 20.0. The fourth-order valence-electron chi connectivity index (χ4n) is 3.73. The lowest BCUT2D eigenvalue weighted by Crippen LogP contribution is -2.13. The van der Waals surface area contributed by atoms with Gasteiger partial charge in [0.2, 0.25) is 5.82 Å². The number of anilines is 1. The number of hydrogen-bond acceptors (Lipinski definition) is 7. The molecule has 1 amide bonds. The molecule has 0 saturated heterocycles. The fourth-order valence-corrected chi connectivity index (χ4v) is 3.73. The summed E-state index contributed by atoms with van der Waals surface area (Å²) in [5.41, 5.74) is 2.79. The molecule has 1 N–H and O–H groups in total. The van der Waals surface area contributed by atoms with Crippen molar-refractivity contribution in [2.75, 3.05) is 19.5 Å². The molecule has 2 heterocycles. The Morgan fingerprint density at radius 2 is 1.81 bits per heavy atom. The van der Waals surface area contributed by atoms with Crippen LogP contribution in [0.3, 0.4) is 0 Å². The molecule has 10 heteroatoms. The average molecular weight is 500 g/mol. The van der Waals surface area contributed by atoms with Crippen LogP contribution in [-0.2, 0) is 6.54 Å². The fraction of sp³-hybridized carbons (Fsp3) is 0.111. The minimum Gasteiger partial charge on any atom is -0.493 e. The Hall–Kier alpha value is -4.99. The number of methoxy groups -OCH3 is 2. The van der Waals surface area contributed by atoms with Crippen molar-refractivity contribution in [2.45, 2.75) is 6.54 Å². The number of benzene rings is 3. The van der Waals surface area contributed by atoms with Gasteiger partial charge in [0, 0.05) is 24.0 Å². The molecule has 9 nitrogen and oxygen atoms in total. The van der Waals surface area contributed by atoms with Crippen molar-refractivity contribution in [1.82, 2.24) is 19.7 Å². The maximum Gasteiger partial charge on any atom is 0.278 e. The summed E-state index contributed by atoms with van der Waals surface area (Å²) in [6, 6.07) is 18.5. The van der Waals surface area contributed by atoms with Crippen LogP contribution in [0.1, 0.15) is 15.9 Å². The first-order valence-corrected chi connectivity index (χ1v) is 11.3. The summed E-state index contributed by atoms with van der Waals surface area (Å²) in [7, 11) is 3.13. The maximum atomic E-state index is 13.8. The SMILES string of the molecule is COc1ccc(-c2noc(-c3cn(Cc4ccc(NC(=O)c5ccccc5F)cc4)cn3)n2)cc1OC. The lowest BCUT2D eigenvalue weighted by Gasteiger charge is -2.08. The first-order valence-electron chi connectivity index (χ1n) is 11.3. The number of halogens is 1. The van der Waals surface area contributed by atoms with E-state index in [1.807, 2.05) is 22.8 Å². The molecule has 0 atom stereocenters. The van der Waals surface area contributed by atoms with Crippen molar-refractivity contribution in [3.05, 3.63) is 96.2 Å². The quantitative estimate of drug-likeness (QED) is 0.318. The Morgan fingerprint density at radius 3 is 2.57 bits per heavy atom. The number of imidazole rings is 1. The lowest BCUT2D eigenvalue weighted by atomic mass is 10.1. The Balaban J connectivity index is 1.25. The zero-order valence-corrected chi connectivity index (χ0v) is 20.0. The molecule has 0 saturated carbocycles. The second kappa shape index (κ2) is 10.3. The Kier molecular flexibility index (Phi) is 6.62. The third-order valence-corrected chi connectivity index (χ3v) is 5.62. The largest absolute Gasteiger partial charge is 0.493 e. The molecular weight excluding hydrogens is 477 g/mol. The second-order valence-electron chi connectivity index (χ2n) is 8.06. The molecule has 0 bridgehead atoms. The van der Waals surface area contributed by atoms with Gasteiger partial charge in [0.05, 0.1) is 26.1 Å². The van der Waals surface area contributed by atoms with Gasteiger partial charge in [-0.25, -0.2) is 9.37 Å². The normalized spacial score (nSPS) is 10.8. The molecule has 5 rings (SSSR count). The van der Waals surface area contributed by atoms with Crippen LogP contribution >= 0.6 is 0 Å². The molecule has 0 radical (unpaired) electrons. The maximum absolute atomic E-state index is 13.8. The van der Waals surface area contributed by atoms with Gasteiger partial charge in [-0.15, -0.1) is 0 Å². The highest BCUT2D eigenvalue weighted by molar-refractivity contribution is 6.04. The second-order valence-corrected chi connectivity index (χ2v) is 8.06. The van der Waals surface area contributed by atoms with Gasteiger partial charge in [0.25, 0.3) is 11.8 Å². The minimum absolute atomic E-state index is 0.00664. The zero-order chi connectivity index (χ0) is 25.8. The Morgan fingerprint density at radius 1 is 1.03 bits per heavy atom. The van der Waals surface area contributed by atoms with Gasteiger partial charge >= 0.3 is 0 Å². The van der Waals surface area contributed by atoms with Gasteiger partial charge in [-0.2, -0.15) is 4.98 Å². The molecule has 37 heavy (non-hydrogen) atoms. The molecule has 0 aliphatic carbocycles. The third kappa shape index (κ3) is 5.18. The summed E-state index contributed by atoms with van der Waals surface area (Å²) in [5, 5.41) is 6.76. The summed E-state index contributed by atoms with van der Waals surface area (Å²) >= 11 is 0. The van der Waals surface area contributed by atoms with E-state index in [2.05, 4.69) is 20.4 Å². The van der Waals surface area contributed by atoms with E-state index in [4.69, 9.17) is 14.0 Å². The van der Waals surface area contributed by atoms with E-state index in [-0.39, 0.29) is 11.5 Å². The summed E-state index contributed by atoms with van der Waals surface area (Å²) in [4.78, 5) is 21.1. The van der Waals surface area contributed by atoms with E-state index in [1.54, 1.807) is 57.1 Å². The summed E-state index contributed by atoms with van der Waals surface area (Å²) in [6.07, 6.45) is 3.48. The van der Waals surface area contributed by atoms with Crippen LogP contribution in [0.15, 0.2) is 83.8 Å². The number of amides is 1. The van der Waals surface area contributed by atoms with Crippen LogP contribution in [0, 0.1) is 5.82 Å². The Labute approximate surface area is 211 Å². The van der Waals surface area contributed by atoms with Gasteiger partial charge in [0.15, 0.2) is 11.5 Å². The summed E-state index contributed by atoms with van der Waals surface area (Å²) in [5.74, 6) is 0.789. The number of nitrogens with zero attached hydrogens (tertiary/aromatic N) is 4. The van der Waals surface area contributed by atoms with Crippen molar-refractivity contribution in [2.24, 2.45) is 0 Å². The van der Waals surface area contributed by atoms with Crippen molar-refractivity contribution in [3.63, 3.8) is 0 Å². The smallest absolute Gasteiger partial charge is 0.278 e. The van der Waals surface area contributed by atoms with Crippen LogP contribution in [0.4, 0.5) is 10.1 Å². The molecule has 0 spiro atoms. The van der Waals surface area contributed by atoms with Crippen LogP contribution < -0.4 is 14.8 Å². The predicted octanol–water partition coefficient (Wildman–Crippen LogP) is 5.06. The number of nitrogens with one attached hydrogen (secondary N) is 1. The molecule has 3 aromatic carbocycles. The number of rotatable bonds is 8. The highest BCUT2D eigenvalue weighted by Crippen LogP contribution is 2.31. The minimum atomic E-state index is -0.565. The summed E-state index contributed by atoms with van der Waals surface area (Å²) in [6.45, 7) is 0.533. The van der Waals surface area contributed by atoms with Crippen molar-refractivity contribution >= 4 is 11.6 Å². The van der Waals surface area contributed by atoms with Gasteiger partial charge in [-0.1, -0.05) is 29.4 Å². The van der Waals surface area contributed by atoms with Crippen molar-refractivity contribution in [3.8, 4) is 34.5 Å². The standard InChI is InChI=1S/C27H22FN5O4/c1-35-23-12-9-18(13-24(23)36-2)25-31-27(37-32-25)22-15-33(16-29-22)14-17-7-10-19(11-8-17)30-26(34)20-5-3-4-6-21(20)28/h3-13,15-16H,14H2,1-2H3,(H,30,34). The van der Waals surface area contributed by atoms with Crippen molar-refractivity contribution in [1.29, 1.82) is 0 Å².